The molecule has 2 amide bonds. The molecule has 0 radical (unpaired) electrons. The zero-order valence-electron chi connectivity index (χ0n) is 11.4. The predicted molar refractivity (Wildman–Crippen MR) is 87.8 cm³/mol. The van der Waals surface area contributed by atoms with Crippen LogP contribution in [0, 0.1) is 0 Å². The lowest BCUT2D eigenvalue weighted by Crippen LogP contribution is -2.43. The summed E-state index contributed by atoms with van der Waals surface area (Å²) in [6.45, 7) is 0.193. The molecule has 22 heavy (non-hydrogen) atoms. The SMILES string of the molecule is Cl.O=C(CNC(=O)[C@H]1C[C@H](O)CN1)Nc1cc(Cl)ccc1Cl. The molecule has 1 fully saturated rings. The molecule has 1 saturated heterocycles. The number of carbonyl (C=O) groups is 2. The highest BCUT2D eigenvalue weighted by atomic mass is 35.5. The number of aliphatic hydroxyl groups excluding tert-OH is 1. The van der Waals surface area contributed by atoms with E-state index in [-0.39, 0.29) is 24.9 Å². The van der Waals surface area contributed by atoms with E-state index in [1.165, 1.54) is 6.07 Å². The number of anilines is 1. The van der Waals surface area contributed by atoms with E-state index in [0.29, 0.717) is 28.7 Å². The fourth-order valence-electron chi connectivity index (χ4n) is 2.00. The highest BCUT2D eigenvalue weighted by Crippen LogP contribution is 2.25. The first kappa shape index (κ1) is 19.0. The molecule has 0 saturated carbocycles. The van der Waals surface area contributed by atoms with Crippen LogP contribution in [0.5, 0.6) is 0 Å². The van der Waals surface area contributed by atoms with E-state index < -0.39 is 18.1 Å². The first-order valence-electron chi connectivity index (χ1n) is 6.40. The minimum atomic E-state index is -0.528. The molecule has 1 aromatic carbocycles. The second-order valence-corrected chi connectivity index (χ2v) is 5.58. The van der Waals surface area contributed by atoms with Crippen LogP contribution in [0.25, 0.3) is 0 Å². The molecule has 1 aliphatic heterocycles. The summed E-state index contributed by atoms with van der Waals surface area (Å²) in [6.07, 6.45) is -0.187. The third-order valence-corrected chi connectivity index (χ3v) is 3.61. The van der Waals surface area contributed by atoms with Gasteiger partial charge in [0, 0.05) is 11.6 Å². The Hall–Kier alpha value is -1.05. The van der Waals surface area contributed by atoms with E-state index in [1.54, 1.807) is 12.1 Å². The number of nitrogens with one attached hydrogen (secondary N) is 3. The molecular formula is C13H16Cl3N3O3. The zero-order valence-corrected chi connectivity index (χ0v) is 13.8. The number of amides is 2. The van der Waals surface area contributed by atoms with Crippen molar-refractivity contribution in [2.24, 2.45) is 0 Å². The molecule has 1 aliphatic rings. The molecule has 0 aromatic heterocycles. The Bertz CT molecular complexity index is 557. The van der Waals surface area contributed by atoms with Crippen LogP contribution in [0.2, 0.25) is 10.0 Å². The zero-order chi connectivity index (χ0) is 15.4. The Morgan fingerprint density at radius 3 is 2.73 bits per heavy atom. The number of halogens is 3. The van der Waals surface area contributed by atoms with Crippen LogP contribution >= 0.6 is 35.6 Å². The van der Waals surface area contributed by atoms with Gasteiger partial charge in [-0.2, -0.15) is 0 Å². The number of β-amino-alcohol motifs (C(OH)–C–C–N with tert-alkyl or cyclic N) is 1. The van der Waals surface area contributed by atoms with Crippen LogP contribution in [0.3, 0.4) is 0 Å². The maximum absolute atomic E-state index is 11.8. The average Bonchev–Trinajstić information content (AvgIpc) is 2.87. The van der Waals surface area contributed by atoms with Crippen molar-refractivity contribution < 1.29 is 14.7 Å². The first-order valence-corrected chi connectivity index (χ1v) is 7.15. The summed E-state index contributed by atoms with van der Waals surface area (Å²) in [6, 6.07) is 4.24. The molecule has 2 atom stereocenters. The molecular weight excluding hydrogens is 353 g/mol. The Morgan fingerprint density at radius 2 is 2.09 bits per heavy atom. The predicted octanol–water partition coefficient (Wildman–Crippen LogP) is 1.19. The van der Waals surface area contributed by atoms with E-state index in [4.69, 9.17) is 23.2 Å². The molecule has 6 nitrogen and oxygen atoms in total. The second kappa shape index (κ2) is 8.55. The number of hydrogen-bond donors (Lipinski definition) is 4. The van der Waals surface area contributed by atoms with Crippen molar-refractivity contribution >= 4 is 53.1 Å². The molecule has 0 spiro atoms. The molecule has 2 rings (SSSR count). The summed E-state index contributed by atoms with van der Waals surface area (Å²) >= 11 is 11.7. The Morgan fingerprint density at radius 1 is 1.36 bits per heavy atom. The van der Waals surface area contributed by atoms with E-state index in [1.807, 2.05) is 0 Å². The van der Waals surface area contributed by atoms with Crippen LogP contribution in [-0.4, -0.2) is 42.2 Å². The van der Waals surface area contributed by atoms with Gasteiger partial charge in [0.15, 0.2) is 0 Å². The van der Waals surface area contributed by atoms with Gasteiger partial charge in [0.2, 0.25) is 11.8 Å². The third kappa shape index (κ3) is 5.30. The molecule has 0 unspecified atom stereocenters. The van der Waals surface area contributed by atoms with Crippen molar-refractivity contribution in [1.82, 2.24) is 10.6 Å². The fourth-order valence-corrected chi connectivity index (χ4v) is 2.33. The molecule has 1 heterocycles. The summed E-state index contributed by atoms with van der Waals surface area (Å²) in [5, 5.41) is 18.1. The summed E-state index contributed by atoms with van der Waals surface area (Å²) in [5.41, 5.74) is 0.387. The number of aliphatic hydroxyl groups is 1. The van der Waals surface area contributed by atoms with E-state index in [9.17, 15) is 14.7 Å². The smallest absolute Gasteiger partial charge is 0.243 e. The van der Waals surface area contributed by atoms with Gasteiger partial charge >= 0.3 is 0 Å². The highest BCUT2D eigenvalue weighted by molar-refractivity contribution is 6.35. The van der Waals surface area contributed by atoms with Gasteiger partial charge in [-0.3, -0.25) is 9.59 Å². The number of carbonyl (C=O) groups excluding carboxylic acids is 2. The van der Waals surface area contributed by atoms with Crippen molar-refractivity contribution in [3.05, 3.63) is 28.2 Å². The highest BCUT2D eigenvalue weighted by Gasteiger charge is 2.27. The van der Waals surface area contributed by atoms with Crippen molar-refractivity contribution in [2.45, 2.75) is 18.6 Å². The standard InChI is InChI=1S/C13H15Cl2N3O3.ClH/c14-7-1-2-9(15)10(3-7)18-12(20)6-17-13(21)11-4-8(19)5-16-11;/h1-3,8,11,16,19H,4-6H2,(H,17,21)(H,18,20);1H/t8-,11+;/m0./s1. The summed E-state index contributed by atoms with van der Waals surface area (Å²) in [7, 11) is 0. The van der Waals surface area contributed by atoms with Crippen molar-refractivity contribution in [1.29, 1.82) is 0 Å². The molecule has 9 heteroatoms. The normalized spacial score (nSPS) is 20.1. The van der Waals surface area contributed by atoms with Gasteiger partial charge < -0.3 is 21.1 Å². The Labute approximate surface area is 144 Å². The molecule has 122 valence electrons. The van der Waals surface area contributed by atoms with Gasteiger partial charge in [0.25, 0.3) is 0 Å². The van der Waals surface area contributed by atoms with Crippen LogP contribution in [0.15, 0.2) is 18.2 Å². The lowest BCUT2D eigenvalue weighted by Gasteiger charge is -2.12. The van der Waals surface area contributed by atoms with Gasteiger partial charge in [-0.05, 0) is 24.6 Å². The van der Waals surface area contributed by atoms with Crippen LogP contribution in [-0.2, 0) is 9.59 Å². The molecule has 0 bridgehead atoms. The summed E-state index contributed by atoms with van der Waals surface area (Å²) < 4.78 is 0. The van der Waals surface area contributed by atoms with Gasteiger partial charge in [-0.15, -0.1) is 12.4 Å². The Kier molecular flexibility index (Phi) is 7.38. The van der Waals surface area contributed by atoms with Crippen molar-refractivity contribution in [2.75, 3.05) is 18.4 Å². The van der Waals surface area contributed by atoms with E-state index in [2.05, 4.69) is 16.0 Å². The van der Waals surface area contributed by atoms with Gasteiger partial charge in [0.05, 0.1) is 29.4 Å². The van der Waals surface area contributed by atoms with Gasteiger partial charge in [-0.25, -0.2) is 0 Å². The lowest BCUT2D eigenvalue weighted by atomic mass is 10.2. The van der Waals surface area contributed by atoms with Crippen molar-refractivity contribution in [3.63, 3.8) is 0 Å². The van der Waals surface area contributed by atoms with E-state index >= 15 is 0 Å². The number of hydrogen-bond acceptors (Lipinski definition) is 4. The maximum atomic E-state index is 11.8. The lowest BCUT2D eigenvalue weighted by molar-refractivity contribution is -0.125. The number of benzene rings is 1. The maximum Gasteiger partial charge on any atom is 0.243 e. The largest absolute Gasteiger partial charge is 0.392 e. The Balaban J connectivity index is 0.00000242. The summed E-state index contributed by atoms with van der Waals surface area (Å²) in [5.74, 6) is -0.732. The molecule has 0 aliphatic carbocycles. The number of rotatable bonds is 4. The van der Waals surface area contributed by atoms with Crippen LogP contribution in [0.4, 0.5) is 5.69 Å². The fraction of sp³-hybridized carbons (Fsp3) is 0.385. The van der Waals surface area contributed by atoms with Gasteiger partial charge in [0.1, 0.15) is 0 Å². The first-order chi connectivity index (χ1) is 9.95. The minimum Gasteiger partial charge on any atom is -0.392 e. The molecule has 1 aromatic rings. The monoisotopic (exact) mass is 367 g/mol. The second-order valence-electron chi connectivity index (χ2n) is 4.74. The topological polar surface area (TPSA) is 90.5 Å². The quantitative estimate of drug-likeness (QED) is 0.643. The molecule has 4 N–H and O–H groups in total. The summed E-state index contributed by atoms with van der Waals surface area (Å²) in [4.78, 5) is 23.5. The van der Waals surface area contributed by atoms with Crippen molar-refractivity contribution in [3.8, 4) is 0 Å². The van der Waals surface area contributed by atoms with E-state index in [0.717, 1.165) is 0 Å². The van der Waals surface area contributed by atoms with Crippen LogP contribution in [0.1, 0.15) is 6.42 Å². The van der Waals surface area contributed by atoms with Crippen LogP contribution < -0.4 is 16.0 Å². The average molecular weight is 369 g/mol. The minimum absolute atomic E-state index is 0. The van der Waals surface area contributed by atoms with Gasteiger partial charge in [-0.1, -0.05) is 23.2 Å². The third-order valence-electron chi connectivity index (χ3n) is 3.05.